The van der Waals surface area contributed by atoms with Gasteiger partial charge in [-0.15, -0.1) is 0 Å². The number of amides is 1. The normalized spacial score (nSPS) is 16.6. The minimum atomic E-state index is -0.718. The van der Waals surface area contributed by atoms with Crippen LogP contribution < -0.4 is 0 Å². The van der Waals surface area contributed by atoms with Crippen molar-refractivity contribution >= 4 is 11.9 Å². The molecule has 0 bridgehead atoms. The van der Waals surface area contributed by atoms with Crippen LogP contribution in [-0.4, -0.2) is 28.9 Å². The fraction of sp³-hybridized carbons (Fsp3) is 0.222. The highest BCUT2D eigenvalue weighted by Gasteiger charge is 2.41. The summed E-state index contributed by atoms with van der Waals surface area (Å²) in [5, 5.41) is 3.28. The van der Waals surface area contributed by atoms with Gasteiger partial charge in [0.25, 0.3) is 5.91 Å². The van der Waals surface area contributed by atoms with Crippen molar-refractivity contribution in [1.29, 1.82) is 0 Å². The molecule has 1 heterocycles. The first-order chi connectivity index (χ1) is 11.1. The molecule has 1 unspecified atom stereocenters. The van der Waals surface area contributed by atoms with Crippen molar-refractivity contribution in [3.05, 3.63) is 71.3 Å². The maximum absolute atomic E-state index is 12.7. The molecule has 0 aromatic heterocycles. The molecule has 1 aliphatic rings. The molecule has 0 spiro atoms. The molecule has 0 fully saturated rings. The zero-order chi connectivity index (χ0) is 16.4. The number of hydrogen-bond donors (Lipinski definition) is 0. The van der Waals surface area contributed by atoms with Crippen molar-refractivity contribution in [2.45, 2.75) is 19.7 Å². The van der Waals surface area contributed by atoms with Crippen LogP contribution in [-0.2, 0) is 16.1 Å². The van der Waals surface area contributed by atoms with E-state index < -0.39 is 12.2 Å². The predicted molar refractivity (Wildman–Crippen MR) is 85.0 cm³/mol. The van der Waals surface area contributed by atoms with Crippen LogP contribution in [0, 0.1) is 0 Å². The van der Waals surface area contributed by atoms with E-state index in [4.69, 9.17) is 4.74 Å². The lowest BCUT2D eigenvalue weighted by Gasteiger charge is -2.32. The molecule has 1 atom stereocenters. The highest BCUT2D eigenvalue weighted by molar-refractivity contribution is 5.98. The Bertz CT molecular complexity index is 730. The van der Waals surface area contributed by atoms with E-state index in [0.717, 1.165) is 5.56 Å². The number of carbonyl (C=O) groups excluding carboxylic acids is 2. The van der Waals surface area contributed by atoms with Crippen LogP contribution in [0.25, 0.3) is 0 Å². The summed E-state index contributed by atoms with van der Waals surface area (Å²) >= 11 is 0. The van der Waals surface area contributed by atoms with Crippen LogP contribution in [0.1, 0.15) is 34.6 Å². The smallest absolute Gasteiger partial charge is 0.304 e. The van der Waals surface area contributed by atoms with Crippen LogP contribution in [0.15, 0.2) is 54.6 Å². The largest absolute Gasteiger partial charge is 0.436 e. The molecule has 118 valence electrons. The molecule has 3 rings (SSSR count). The molecule has 5 nitrogen and oxygen atoms in total. The number of hydrazine groups is 1. The second kappa shape index (κ2) is 6.22. The summed E-state index contributed by atoms with van der Waals surface area (Å²) in [5.41, 5.74) is 2.35. The van der Waals surface area contributed by atoms with Crippen LogP contribution in [0.2, 0.25) is 0 Å². The van der Waals surface area contributed by atoms with E-state index in [1.165, 1.54) is 11.9 Å². The van der Waals surface area contributed by atoms with Gasteiger partial charge in [-0.3, -0.25) is 9.59 Å². The summed E-state index contributed by atoms with van der Waals surface area (Å²) in [6.45, 7) is 1.89. The molecular formula is C18H18N2O3. The number of ether oxygens (including phenoxy) is 1. The summed E-state index contributed by atoms with van der Waals surface area (Å²) in [4.78, 5) is 24.2. The molecule has 2 aromatic carbocycles. The molecule has 0 radical (unpaired) electrons. The average molecular weight is 310 g/mol. The minimum absolute atomic E-state index is 0.162. The predicted octanol–water partition coefficient (Wildman–Crippen LogP) is 2.75. The lowest BCUT2D eigenvalue weighted by atomic mass is 10.1. The number of esters is 1. The maximum Gasteiger partial charge on any atom is 0.304 e. The first-order valence-electron chi connectivity index (χ1n) is 7.42. The molecule has 0 saturated heterocycles. The van der Waals surface area contributed by atoms with E-state index >= 15 is 0 Å². The second-order valence-corrected chi connectivity index (χ2v) is 5.50. The molecule has 2 aromatic rings. The van der Waals surface area contributed by atoms with Crippen LogP contribution in [0.5, 0.6) is 0 Å². The topological polar surface area (TPSA) is 49.9 Å². The van der Waals surface area contributed by atoms with Gasteiger partial charge in [0.05, 0.1) is 0 Å². The standard InChI is InChI=1S/C18H18N2O3/c1-13(21)23-18-16-11-7-6-10-15(16)17(22)20(18)19(2)12-14-8-4-3-5-9-14/h3-11,18H,12H2,1-2H3. The summed E-state index contributed by atoms with van der Waals surface area (Å²) in [5.74, 6) is -0.581. The van der Waals surface area contributed by atoms with Gasteiger partial charge in [0.2, 0.25) is 6.23 Å². The molecule has 0 aliphatic carbocycles. The van der Waals surface area contributed by atoms with Gasteiger partial charge in [0.15, 0.2) is 0 Å². The monoisotopic (exact) mass is 310 g/mol. The Hall–Kier alpha value is -2.66. The number of fused-ring (bicyclic) bond motifs is 1. The van der Waals surface area contributed by atoms with Crippen molar-refractivity contribution in [2.75, 3.05) is 7.05 Å². The van der Waals surface area contributed by atoms with Gasteiger partial charge >= 0.3 is 5.97 Å². The van der Waals surface area contributed by atoms with Gasteiger partial charge < -0.3 is 4.74 Å². The summed E-state index contributed by atoms with van der Waals surface area (Å²) < 4.78 is 5.40. The molecule has 0 saturated carbocycles. The Morgan fingerprint density at radius 1 is 1.13 bits per heavy atom. The summed E-state index contributed by atoms with van der Waals surface area (Å²) in [6.07, 6.45) is -0.718. The van der Waals surface area contributed by atoms with Crippen molar-refractivity contribution < 1.29 is 14.3 Å². The Kier molecular flexibility index (Phi) is 4.12. The molecule has 23 heavy (non-hydrogen) atoms. The average Bonchev–Trinajstić information content (AvgIpc) is 2.81. The van der Waals surface area contributed by atoms with Crippen molar-refractivity contribution in [2.24, 2.45) is 0 Å². The van der Waals surface area contributed by atoms with Crippen LogP contribution in [0.4, 0.5) is 0 Å². The third kappa shape index (κ3) is 2.96. The van der Waals surface area contributed by atoms with Crippen molar-refractivity contribution in [3.8, 4) is 0 Å². The van der Waals surface area contributed by atoms with Gasteiger partial charge in [-0.2, -0.15) is 0 Å². The summed E-state index contributed by atoms with van der Waals surface area (Å²) in [7, 11) is 1.81. The van der Waals surface area contributed by atoms with Crippen LogP contribution >= 0.6 is 0 Å². The highest BCUT2D eigenvalue weighted by atomic mass is 16.6. The Morgan fingerprint density at radius 3 is 2.48 bits per heavy atom. The Balaban J connectivity index is 1.90. The number of rotatable bonds is 4. The van der Waals surface area contributed by atoms with Gasteiger partial charge in [-0.25, -0.2) is 10.0 Å². The second-order valence-electron chi connectivity index (χ2n) is 5.50. The van der Waals surface area contributed by atoms with Crippen molar-refractivity contribution in [3.63, 3.8) is 0 Å². The van der Waals surface area contributed by atoms with Gasteiger partial charge in [-0.05, 0) is 11.6 Å². The first kappa shape index (κ1) is 15.2. The lowest BCUT2D eigenvalue weighted by Crippen LogP contribution is -2.43. The zero-order valence-corrected chi connectivity index (χ0v) is 13.1. The molecule has 1 amide bonds. The first-order valence-corrected chi connectivity index (χ1v) is 7.42. The summed E-state index contributed by atoms with van der Waals surface area (Å²) in [6, 6.07) is 17.0. The third-order valence-electron chi connectivity index (χ3n) is 3.79. The Labute approximate surface area is 135 Å². The minimum Gasteiger partial charge on any atom is -0.436 e. The fourth-order valence-electron chi connectivity index (χ4n) is 2.80. The van der Waals surface area contributed by atoms with Gasteiger partial charge in [0, 0.05) is 31.6 Å². The molecule has 0 N–H and O–H groups in total. The highest BCUT2D eigenvalue weighted by Crippen LogP contribution is 2.35. The number of hydrogen-bond acceptors (Lipinski definition) is 4. The maximum atomic E-state index is 12.7. The Morgan fingerprint density at radius 2 is 1.78 bits per heavy atom. The molecular weight excluding hydrogens is 292 g/mol. The third-order valence-corrected chi connectivity index (χ3v) is 3.79. The number of nitrogens with zero attached hydrogens (tertiary/aromatic N) is 2. The van der Waals surface area contributed by atoms with E-state index in [1.54, 1.807) is 11.1 Å². The van der Waals surface area contributed by atoms with E-state index in [-0.39, 0.29) is 5.91 Å². The number of benzene rings is 2. The number of carbonyl (C=O) groups is 2. The fourth-order valence-corrected chi connectivity index (χ4v) is 2.80. The van der Waals surface area contributed by atoms with Crippen molar-refractivity contribution in [1.82, 2.24) is 10.0 Å². The van der Waals surface area contributed by atoms with E-state index in [1.807, 2.05) is 55.6 Å². The van der Waals surface area contributed by atoms with Gasteiger partial charge in [0.1, 0.15) is 0 Å². The van der Waals surface area contributed by atoms with E-state index in [0.29, 0.717) is 17.7 Å². The van der Waals surface area contributed by atoms with Gasteiger partial charge in [-0.1, -0.05) is 48.5 Å². The van der Waals surface area contributed by atoms with E-state index in [2.05, 4.69) is 0 Å². The quantitative estimate of drug-likeness (QED) is 0.815. The molecule has 5 heteroatoms. The van der Waals surface area contributed by atoms with Crippen LogP contribution in [0.3, 0.4) is 0 Å². The molecule has 1 aliphatic heterocycles. The SMILES string of the molecule is CC(=O)OC1c2ccccc2C(=O)N1N(C)Cc1ccccc1. The van der Waals surface area contributed by atoms with E-state index in [9.17, 15) is 9.59 Å². The zero-order valence-electron chi connectivity index (χ0n) is 13.1. The lowest BCUT2D eigenvalue weighted by molar-refractivity contribution is -0.168.